The topological polar surface area (TPSA) is 80.6 Å². The minimum absolute atomic E-state index is 0.151. The van der Waals surface area contributed by atoms with Crippen molar-refractivity contribution in [3.05, 3.63) is 58.6 Å². The molecule has 1 aliphatic heterocycles. The van der Waals surface area contributed by atoms with E-state index < -0.39 is 0 Å². The molecule has 1 fully saturated rings. The van der Waals surface area contributed by atoms with Gasteiger partial charge in [-0.05, 0) is 19.1 Å². The van der Waals surface area contributed by atoms with Crippen LogP contribution in [0.15, 0.2) is 47.4 Å². The molecule has 0 N–H and O–H groups in total. The fraction of sp³-hybridized carbons (Fsp3) is 0.333. The second-order valence-electron chi connectivity index (χ2n) is 6.85. The van der Waals surface area contributed by atoms with E-state index in [0.717, 1.165) is 11.6 Å². The van der Waals surface area contributed by atoms with Gasteiger partial charge >= 0.3 is 0 Å². The Balaban J connectivity index is 1.57. The van der Waals surface area contributed by atoms with Gasteiger partial charge in [-0.25, -0.2) is 9.67 Å². The quantitative estimate of drug-likeness (QED) is 0.672. The number of benzene rings is 1. The number of nitrogens with zero attached hydrogens (tertiary/aromatic N) is 5. The fourth-order valence-electron chi connectivity index (χ4n) is 3.60. The number of carbonyl (C=O) groups is 1. The Labute approximate surface area is 168 Å². The lowest BCUT2D eigenvalue weighted by Crippen LogP contribution is -2.49. The summed E-state index contributed by atoms with van der Waals surface area (Å²) in [5.74, 6) is 1.44. The van der Waals surface area contributed by atoms with Crippen molar-refractivity contribution in [3.63, 3.8) is 0 Å². The predicted octanol–water partition coefficient (Wildman–Crippen LogP) is 1.78. The van der Waals surface area contributed by atoms with E-state index in [0.29, 0.717) is 49.2 Å². The van der Waals surface area contributed by atoms with Crippen molar-refractivity contribution in [2.24, 2.45) is 0 Å². The lowest BCUT2D eigenvalue weighted by atomic mass is 10.1. The average molecular weight is 393 g/mol. The monoisotopic (exact) mass is 393 g/mol. The number of fused-ring (bicyclic) bond motifs is 1. The number of anilines is 1. The van der Waals surface area contributed by atoms with Crippen molar-refractivity contribution in [2.45, 2.75) is 13.5 Å². The Morgan fingerprint density at radius 2 is 1.83 bits per heavy atom. The number of rotatable bonds is 4. The van der Waals surface area contributed by atoms with E-state index in [2.05, 4.69) is 15.0 Å². The normalized spacial score (nSPS) is 14.3. The average Bonchev–Trinajstić information content (AvgIpc) is 2.79. The van der Waals surface area contributed by atoms with Crippen LogP contribution >= 0.6 is 0 Å². The molecule has 3 heterocycles. The van der Waals surface area contributed by atoms with Crippen LogP contribution in [0.25, 0.3) is 10.8 Å². The SMILES string of the molecule is CCn1nc(C(=O)N2CCN(c3cc(OC)ccn3)CC2)c2ccccc2c1=O. The number of piperazine rings is 1. The number of methoxy groups -OCH3 is 1. The molecular weight excluding hydrogens is 370 g/mol. The number of amides is 1. The highest BCUT2D eigenvalue weighted by Crippen LogP contribution is 2.21. The Bertz CT molecular complexity index is 1100. The molecule has 1 amide bonds. The molecule has 0 atom stereocenters. The number of aromatic nitrogens is 3. The Hall–Kier alpha value is -3.42. The van der Waals surface area contributed by atoms with Crippen molar-refractivity contribution in [1.82, 2.24) is 19.7 Å². The zero-order valence-electron chi connectivity index (χ0n) is 16.5. The van der Waals surface area contributed by atoms with E-state index in [1.54, 1.807) is 36.4 Å². The molecule has 1 saturated heterocycles. The van der Waals surface area contributed by atoms with Crippen LogP contribution in [0.3, 0.4) is 0 Å². The van der Waals surface area contributed by atoms with Gasteiger partial charge in [0.05, 0.1) is 12.5 Å². The number of ether oxygens (including phenoxy) is 1. The number of hydrogen-bond donors (Lipinski definition) is 0. The Morgan fingerprint density at radius 1 is 1.10 bits per heavy atom. The number of hydrogen-bond acceptors (Lipinski definition) is 6. The minimum Gasteiger partial charge on any atom is -0.497 e. The van der Waals surface area contributed by atoms with Gasteiger partial charge in [0.2, 0.25) is 0 Å². The van der Waals surface area contributed by atoms with Gasteiger partial charge in [0.25, 0.3) is 11.5 Å². The summed E-state index contributed by atoms with van der Waals surface area (Å²) in [4.78, 5) is 34.1. The first-order valence-corrected chi connectivity index (χ1v) is 9.66. The zero-order valence-corrected chi connectivity index (χ0v) is 16.5. The minimum atomic E-state index is -0.173. The first kappa shape index (κ1) is 18.9. The van der Waals surface area contributed by atoms with Crippen LogP contribution in [0, 0.1) is 0 Å². The molecule has 0 spiro atoms. The van der Waals surface area contributed by atoms with Crippen LogP contribution in [0.2, 0.25) is 0 Å². The summed E-state index contributed by atoms with van der Waals surface area (Å²) in [6.45, 7) is 4.70. The molecule has 3 aromatic rings. The van der Waals surface area contributed by atoms with Gasteiger partial charge in [-0.2, -0.15) is 5.10 Å². The van der Waals surface area contributed by atoms with Crippen LogP contribution in [0.4, 0.5) is 5.82 Å². The van der Waals surface area contributed by atoms with Gasteiger partial charge in [0, 0.05) is 50.4 Å². The molecule has 0 radical (unpaired) electrons. The molecule has 1 aromatic carbocycles. The molecule has 8 heteroatoms. The highest BCUT2D eigenvalue weighted by molar-refractivity contribution is 6.04. The molecule has 29 heavy (non-hydrogen) atoms. The lowest BCUT2D eigenvalue weighted by molar-refractivity contribution is 0.0740. The standard InChI is InChI=1S/C21H23N5O3/c1-3-26-20(27)17-7-5-4-6-16(17)19(23-26)21(28)25-12-10-24(11-13-25)18-14-15(29-2)8-9-22-18/h4-9,14H,3,10-13H2,1-2H3. The number of carbonyl (C=O) groups excluding carboxylic acids is 1. The number of aryl methyl sites for hydroxylation is 1. The first-order chi connectivity index (χ1) is 14.1. The maximum atomic E-state index is 13.2. The van der Waals surface area contributed by atoms with E-state index in [-0.39, 0.29) is 11.5 Å². The highest BCUT2D eigenvalue weighted by atomic mass is 16.5. The van der Waals surface area contributed by atoms with Gasteiger partial charge in [0.1, 0.15) is 11.6 Å². The van der Waals surface area contributed by atoms with Gasteiger partial charge in [-0.15, -0.1) is 0 Å². The maximum absolute atomic E-state index is 13.2. The molecule has 4 rings (SSSR count). The van der Waals surface area contributed by atoms with Crippen molar-refractivity contribution in [2.75, 3.05) is 38.2 Å². The summed E-state index contributed by atoms with van der Waals surface area (Å²) in [5, 5.41) is 5.49. The highest BCUT2D eigenvalue weighted by Gasteiger charge is 2.26. The van der Waals surface area contributed by atoms with Crippen molar-refractivity contribution < 1.29 is 9.53 Å². The summed E-state index contributed by atoms with van der Waals surface area (Å²) < 4.78 is 6.62. The second-order valence-corrected chi connectivity index (χ2v) is 6.85. The fourth-order valence-corrected chi connectivity index (χ4v) is 3.60. The third kappa shape index (κ3) is 3.53. The molecule has 0 saturated carbocycles. The van der Waals surface area contributed by atoms with Crippen LogP contribution in [0.1, 0.15) is 17.4 Å². The predicted molar refractivity (Wildman–Crippen MR) is 111 cm³/mol. The van der Waals surface area contributed by atoms with Crippen LogP contribution in [-0.4, -0.2) is 58.9 Å². The molecule has 150 valence electrons. The summed E-state index contributed by atoms with van der Waals surface area (Å²) in [6.07, 6.45) is 1.72. The molecule has 1 aliphatic rings. The third-order valence-electron chi connectivity index (χ3n) is 5.21. The zero-order chi connectivity index (χ0) is 20.4. The summed E-state index contributed by atoms with van der Waals surface area (Å²) in [6, 6.07) is 10.9. The third-order valence-corrected chi connectivity index (χ3v) is 5.21. The summed E-state index contributed by atoms with van der Waals surface area (Å²) in [5.41, 5.74) is 0.156. The van der Waals surface area contributed by atoms with E-state index in [9.17, 15) is 9.59 Å². The van der Waals surface area contributed by atoms with Gasteiger partial charge in [-0.1, -0.05) is 18.2 Å². The van der Waals surface area contributed by atoms with Crippen molar-refractivity contribution in [3.8, 4) is 5.75 Å². The van der Waals surface area contributed by atoms with Gasteiger partial charge < -0.3 is 14.5 Å². The van der Waals surface area contributed by atoms with Gasteiger partial charge in [-0.3, -0.25) is 9.59 Å². The molecule has 0 bridgehead atoms. The van der Waals surface area contributed by atoms with Crippen LogP contribution in [-0.2, 0) is 6.54 Å². The van der Waals surface area contributed by atoms with Crippen LogP contribution in [0.5, 0.6) is 5.75 Å². The van der Waals surface area contributed by atoms with E-state index in [1.807, 2.05) is 25.1 Å². The van der Waals surface area contributed by atoms with E-state index >= 15 is 0 Å². The van der Waals surface area contributed by atoms with Gasteiger partial charge in [0.15, 0.2) is 5.69 Å². The lowest BCUT2D eigenvalue weighted by Gasteiger charge is -2.35. The molecule has 2 aromatic heterocycles. The van der Waals surface area contributed by atoms with E-state index in [1.165, 1.54) is 4.68 Å². The van der Waals surface area contributed by atoms with Crippen LogP contribution < -0.4 is 15.2 Å². The largest absolute Gasteiger partial charge is 0.497 e. The molecule has 0 unspecified atom stereocenters. The molecule has 8 nitrogen and oxygen atoms in total. The molecule has 0 aliphatic carbocycles. The van der Waals surface area contributed by atoms with E-state index in [4.69, 9.17) is 4.74 Å². The first-order valence-electron chi connectivity index (χ1n) is 9.66. The molecular formula is C21H23N5O3. The number of pyridine rings is 1. The maximum Gasteiger partial charge on any atom is 0.275 e. The summed E-state index contributed by atoms with van der Waals surface area (Å²) in [7, 11) is 1.63. The Kier molecular flexibility index (Phi) is 5.16. The van der Waals surface area contributed by atoms with Crippen molar-refractivity contribution in [1.29, 1.82) is 0 Å². The summed E-state index contributed by atoms with van der Waals surface area (Å²) >= 11 is 0. The Morgan fingerprint density at radius 3 is 2.52 bits per heavy atom. The van der Waals surface area contributed by atoms with Crippen molar-refractivity contribution >= 4 is 22.5 Å². The smallest absolute Gasteiger partial charge is 0.275 e. The second kappa shape index (κ2) is 7.90.